The standard InChI is InChI=1S/C19H15ClN4O4S2/c20-12-2-1-3-14(10-12)24-17(25)11-16(18(24)26)22-13-4-6-15(7-5-13)30(27,28)23-19-21-8-9-29-19/h1-10,16,22H,11H2,(H,21,23). The van der Waals surface area contributed by atoms with Gasteiger partial charge in [-0.15, -0.1) is 11.3 Å². The van der Waals surface area contributed by atoms with E-state index in [4.69, 9.17) is 11.6 Å². The number of hydrogen-bond acceptors (Lipinski definition) is 7. The highest BCUT2D eigenvalue weighted by Crippen LogP contribution is 2.27. The molecule has 1 saturated heterocycles. The summed E-state index contributed by atoms with van der Waals surface area (Å²) in [5.41, 5.74) is 0.929. The van der Waals surface area contributed by atoms with E-state index in [1.165, 1.54) is 41.8 Å². The highest BCUT2D eigenvalue weighted by molar-refractivity contribution is 7.93. The monoisotopic (exact) mass is 462 g/mol. The van der Waals surface area contributed by atoms with Gasteiger partial charge in [0.1, 0.15) is 6.04 Å². The average molecular weight is 463 g/mol. The van der Waals surface area contributed by atoms with Crippen molar-refractivity contribution in [3.8, 4) is 0 Å². The second-order valence-electron chi connectivity index (χ2n) is 6.42. The molecule has 1 unspecified atom stereocenters. The van der Waals surface area contributed by atoms with Gasteiger partial charge in [0.05, 0.1) is 17.0 Å². The highest BCUT2D eigenvalue weighted by Gasteiger charge is 2.39. The summed E-state index contributed by atoms with van der Waals surface area (Å²) in [6, 6.07) is 11.7. The zero-order chi connectivity index (χ0) is 21.3. The zero-order valence-corrected chi connectivity index (χ0v) is 17.7. The van der Waals surface area contributed by atoms with E-state index in [0.717, 1.165) is 4.90 Å². The van der Waals surface area contributed by atoms with Crippen molar-refractivity contribution in [1.29, 1.82) is 0 Å². The van der Waals surface area contributed by atoms with Crippen molar-refractivity contribution < 1.29 is 18.0 Å². The lowest BCUT2D eigenvalue weighted by atomic mass is 10.2. The maximum atomic E-state index is 12.7. The first-order valence-electron chi connectivity index (χ1n) is 8.75. The van der Waals surface area contributed by atoms with Gasteiger partial charge < -0.3 is 5.32 Å². The Hall–Kier alpha value is -2.95. The van der Waals surface area contributed by atoms with E-state index in [0.29, 0.717) is 16.4 Å². The number of nitrogens with zero attached hydrogens (tertiary/aromatic N) is 2. The van der Waals surface area contributed by atoms with Crippen LogP contribution in [0.1, 0.15) is 6.42 Å². The van der Waals surface area contributed by atoms with Crippen LogP contribution in [0.4, 0.5) is 16.5 Å². The Morgan fingerprint density at radius 3 is 2.57 bits per heavy atom. The van der Waals surface area contributed by atoms with Gasteiger partial charge in [-0.25, -0.2) is 18.3 Å². The highest BCUT2D eigenvalue weighted by atomic mass is 35.5. The van der Waals surface area contributed by atoms with Crippen LogP contribution in [0.5, 0.6) is 0 Å². The third kappa shape index (κ3) is 4.16. The van der Waals surface area contributed by atoms with Crippen LogP contribution < -0.4 is 14.9 Å². The van der Waals surface area contributed by atoms with E-state index in [9.17, 15) is 18.0 Å². The maximum absolute atomic E-state index is 12.7. The fourth-order valence-corrected chi connectivity index (χ4v) is 4.98. The summed E-state index contributed by atoms with van der Waals surface area (Å²) >= 11 is 7.13. The summed E-state index contributed by atoms with van der Waals surface area (Å²) in [7, 11) is -3.77. The predicted molar refractivity (Wildman–Crippen MR) is 115 cm³/mol. The summed E-state index contributed by atoms with van der Waals surface area (Å²) in [6.45, 7) is 0. The number of thiazole rings is 1. The van der Waals surface area contributed by atoms with Crippen LogP contribution in [0.2, 0.25) is 5.02 Å². The summed E-state index contributed by atoms with van der Waals surface area (Å²) < 4.78 is 27.2. The lowest BCUT2D eigenvalue weighted by Gasteiger charge is -2.16. The van der Waals surface area contributed by atoms with Gasteiger partial charge >= 0.3 is 0 Å². The smallest absolute Gasteiger partial charge is 0.263 e. The number of halogens is 1. The Morgan fingerprint density at radius 1 is 1.13 bits per heavy atom. The Morgan fingerprint density at radius 2 is 1.90 bits per heavy atom. The fourth-order valence-electron chi connectivity index (χ4n) is 3.01. The number of imide groups is 1. The van der Waals surface area contributed by atoms with Gasteiger partial charge in [0.2, 0.25) is 5.91 Å². The largest absolute Gasteiger partial charge is 0.373 e. The molecule has 1 aliphatic rings. The molecule has 4 rings (SSSR count). The number of benzene rings is 2. The van der Waals surface area contributed by atoms with Crippen LogP contribution in [-0.4, -0.2) is 31.3 Å². The minimum atomic E-state index is -3.77. The molecule has 1 fully saturated rings. The molecule has 0 aliphatic carbocycles. The van der Waals surface area contributed by atoms with Crippen LogP contribution in [0.25, 0.3) is 0 Å². The molecule has 2 aromatic carbocycles. The van der Waals surface area contributed by atoms with Crippen LogP contribution in [0, 0.1) is 0 Å². The lowest BCUT2D eigenvalue weighted by Crippen LogP contribution is -2.34. The molecule has 1 atom stereocenters. The van der Waals surface area contributed by atoms with Crippen molar-refractivity contribution >= 4 is 61.3 Å². The molecule has 1 aliphatic heterocycles. The van der Waals surface area contributed by atoms with Gasteiger partial charge in [-0.05, 0) is 42.5 Å². The van der Waals surface area contributed by atoms with Gasteiger partial charge in [-0.2, -0.15) is 0 Å². The van der Waals surface area contributed by atoms with E-state index in [1.54, 1.807) is 29.6 Å². The van der Waals surface area contributed by atoms with Crippen molar-refractivity contribution in [2.45, 2.75) is 17.4 Å². The van der Waals surface area contributed by atoms with Gasteiger partial charge in [-0.3, -0.25) is 14.3 Å². The number of carbonyl (C=O) groups excluding carboxylic acids is 2. The number of anilines is 3. The second kappa shape index (κ2) is 8.05. The Bertz CT molecular complexity index is 1200. The van der Waals surface area contributed by atoms with Crippen LogP contribution >= 0.6 is 22.9 Å². The maximum Gasteiger partial charge on any atom is 0.263 e. The molecule has 0 bridgehead atoms. The van der Waals surface area contributed by atoms with Crippen molar-refractivity contribution in [2.75, 3.05) is 14.9 Å². The molecule has 0 saturated carbocycles. The Balaban J connectivity index is 1.47. The number of aromatic nitrogens is 1. The van der Waals surface area contributed by atoms with Gasteiger partial charge in [0.15, 0.2) is 5.13 Å². The fraction of sp³-hybridized carbons (Fsp3) is 0.105. The average Bonchev–Trinajstić information content (AvgIpc) is 3.29. The molecule has 2 heterocycles. The minimum Gasteiger partial charge on any atom is -0.373 e. The van der Waals surface area contributed by atoms with Crippen molar-refractivity contribution in [3.05, 3.63) is 65.1 Å². The summed E-state index contributed by atoms with van der Waals surface area (Å²) in [5.74, 6) is -0.740. The van der Waals surface area contributed by atoms with Gasteiger partial charge in [-0.1, -0.05) is 17.7 Å². The molecule has 3 aromatic rings. The molecule has 11 heteroatoms. The molecular formula is C19H15ClN4O4S2. The van der Waals surface area contributed by atoms with Crippen LogP contribution in [-0.2, 0) is 19.6 Å². The van der Waals surface area contributed by atoms with E-state index < -0.39 is 22.0 Å². The first-order valence-corrected chi connectivity index (χ1v) is 11.5. The number of hydrogen-bond donors (Lipinski definition) is 2. The molecular weight excluding hydrogens is 448 g/mol. The number of rotatable bonds is 6. The van der Waals surface area contributed by atoms with Crippen LogP contribution in [0.15, 0.2) is 65.0 Å². The molecule has 30 heavy (non-hydrogen) atoms. The van der Waals surface area contributed by atoms with E-state index in [2.05, 4.69) is 15.0 Å². The third-order valence-corrected chi connectivity index (χ3v) is 6.78. The Kier molecular flexibility index (Phi) is 5.46. The molecule has 0 radical (unpaired) electrons. The van der Waals surface area contributed by atoms with Crippen molar-refractivity contribution in [2.24, 2.45) is 0 Å². The summed E-state index contributed by atoms with van der Waals surface area (Å²) in [4.78, 5) is 30.1. The minimum absolute atomic E-state index is 0.0169. The normalized spacial score (nSPS) is 16.7. The van der Waals surface area contributed by atoms with E-state index in [1.807, 2.05) is 0 Å². The number of sulfonamides is 1. The molecule has 2 N–H and O–H groups in total. The first kappa shape index (κ1) is 20.3. The molecule has 154 valence electrons. The number of amides is 2. The second-order valence-corrected chi connectivity index (χ2v) is 9.43. The lowest BCUT2D eigenvalue weighted by molar-refractivity contribution is -0.121. The SMILES string of the molecule is O=C1CC(Nc2ccc(S(=O)(=O)Nc3nccs3)cc2)C(=O)N1c1cccc(Cl)c1. The number of nitrogens with one attached hydrogen (secondary N) is 2. The molecule has 2 amide bonds. The summed E-state index contributed by atoms with van der Waals surface area (Å²) in [6.07, 6.45) is 1.49. The van der Waals surface area contributed by atoms with Crippen molar-refractivity contribution in [1.82, 2.24) is 4.98 Å². The van der Waals surface area contributed by atoms with Gasteiger partial charge in [0, 0.05) is 22.3 Å². The first-order chi connectivity index (χ1) is 14.3. The predicted octanol–water partition coefficient (Wildman–Crippen LogP) is 3.34. The molecule has 8 nitrogen and oxygen atoms in total. The van der Waals surface area contributed by atoms with E-state index >= 15 is 0 Å². The molecule has 1 aromatic heterocycles. The molecule has 0 spiro atoms. The quantitative estimate of drug-likeness (QED) is 0.544. The third-order valence-electron chi connectivity index (χ3n) is 4.37. The zero-order valence-electron chi connectivity index (χ0n) is 15.3. The van der Waals surface area contributed by atoms with Gasteiger partial charge in [0.25, 0.3) is 15.9 Å². The topological polar surface area (TPSA) is 108 Å². The Labute approximate surface area is 181 Å². The van der Waals surface area contributed by atoms with Crippen LogP contribution in [0.3, 0.4) is 0 Å². The number of carbonyl (C=O) groups is 2. The summed E-state index contributed by atoms with van der Waals surface area (Å²) in [5, 5.41) is 5.35. The van der Waals surface area contributed by atoms with E-state index in [-0.39, 0.29) is 22.4 Å². The van der Waals surface area contributed by atoms with Crippen molar-refractivity contribution in [3.63, 3.8) is 0 Å².